The monoisotopic (exact) mass is 810 g/mol. The first-order chi connectivity index (χ1) is 26.4. The van der Waals surface area contributed by atoms with Crippen molar-refractivity contribution < 1.29 is 57.0 Å². The van der Waals surface area contributed by atoms with E-state index < -0.39 is 78.5 Å². The molecule has 1 rings (SSSR count). The normalized spacial score (nSPS) is 22.2. The van der Waals surface area contributed by atoms with Crippen LogP contribution >= 0.6 is 0 Å². The lowest BCUT2D eigenvalue weighted by Gasteiger charge is -2.41. The molecule has 0 saturated carbocycles. The minimum atomic E-state index is -5.10. The zero-order valence-corrected chi connectivity index (χ0v) is 34.9. The summed E-state index contributed by atoms with van der Waals surface area (Å²) in [6.07, 6.45) is 21.2. The number of hydrogen-bond donors (Lipinski definition) is 7. The molecule has 1 aliphatic rings. The van der Waals surface area contributed by atoms with Crippen molar-refractivity contribution in [1.29, 1.82) is 0 Å². The molecule has 13 nitrogen and oxygen atoms in total. The van der Waals surface area contributed by atoms with Crippen molar-refractivity contribution >= 4 is 16.3 Å². The van der Waals surface area contributed by atoms with Crippen LogP contribution in [0, 0.1) is 0 Å². The number of carbonyl (C=O) groups is 1. The Morgan fingerprint density at radius 3 is 1.64 bits per heavy atom. The van der Waals surface area contributed by atoms with Crippen molar-refractivity contribution in [2.45, 2.75) is 230 Å². The van der Waals surface area contributed by atoms with E-state index in [1.807, 2.05) is 0 Å². The molecule has 0 radical (unpaired) electrons. The van der Waals surface area contributed by atoms with Gasteiger partial charge in [0, 0.05) is 0 Å². The molecule has 8 atom stereocenters. The van der Waals surface area contributed by atoms with Gasteiger partial charge in [-0.15, -0.1) is 0 Å². The maximum atomic E-state index is 13.1. The predicted molar refractivity (Wildman–Crippen MR) is 215 cm³/mol. The second-order valence-electron chi connectivity index (χ2n) is 15.4. The number of nitrogens with one attached hydrogen (secondary N) is 1. The fourth-order valence-corrected chi connectivity index (χ4v) is 7.44. The average Bonchev–Trinajstić information content (AvgIpc) is 3.15. The predicted octanol–water partition coefficient (Wildman–Crippen LogP) is 6.58. The van der Waals surface area contributed by atoms with Crippen LogP contribution in [0.15, 0.2) is 12.2 Å². The summed E-state index contributed by atoms with van der Waals surface area (Å²) in [5.74, 6) is -0.676. The molecule has 0 aromatic rings. The molecule has 8 unspecified atom stereocenters. The van der Waals surface area contributed by atoms with Gasteiger partial charge in [-0.2, -0.15) is 8.42 Å². The van der Waals surface area contributed by atoms with Gasteiger partial charge in [-0.1, -0.05) is 154 Å². The molecule has 55 heavy (non-hydrogen) atoms. The van der Waals surface area contributed by atoms with Crippen LogP contribution in [0.1, 0.15) is 181 Å². The summed E-state index contributed by atoms with van der Waals surface area (Å²) in [6, 6.07) is -1.03. The number of rotatable bonds is 36. The highest BCUT2D eigenvalue weighted by molar-refractivity contribution is 7.80. The lowest BCUT2D eigenvalue weighted by molar-refractivity contribution is -0.298. The Morgan fingerprint density at radius 1 is 0.709 bits per heavy atom. The van der Waals surface area contributed by atoms with Crippen molar-refractivity contribution in [1.82, 2.24) is 5.32 Å². The van der Waals surface area contributed by atoms with Crippen molar-refractivity contribution in [3.05, 3.63) is 12.2 Å². The standard InChI is InChI=1S/C41H79NO12S/c1-3-5-7-9-11-13-15-16-17-18-19-20-22-24-26-28-30-35(45)40(48)42-33(34(44)29-27-25-23-21-14-12-10-8-6-4-2)32-52-41-38(47)39(54-55(49,50)51)37(46)36(31-43)53-41/h16-17,33-39,41,43-47H,3-15,18-32H2,1-2H3,(H,42,48)(H,49,50,51)/b17-16-. The van der Waals surface area contributed by atoms with Crippen molar-refractivity contribution in [2.24, 2.45) is 0 Å². The Morgan fingerprint density at radius 2 is 1.16 bits per heavy atom. The third kappa shape index (κ3) is 25.7. The van der Waals surface area contributed by atoms with E-state index in [0.717, 1.165) is 64.2 Å². The largest absolute Gasteiger partial charge is 0.397 e. The van der Waals surface area contributed by atoms with E-state index in [0.29, 0.717) is 19.3 Å². The van der Waals surface area contributed by atoms with Gasteiger partial charge < -0.3 is 40.3 Å². The van der Waals surface area contributed by atoms with E-state index in [9.17, 15) is 38.7 Å². The van der Waals surface area contributed by atoms with Crippen LogP contribution in [-0.4, -0.2) is 107 Å². The molecule has 0 aliphatic carbocycles. The molecule has 326 valence electrons. The van der Waals surface area contributed by atoms with Crippen LogP contribution < -0.4 is 5.32 Å². The van der Waals surface area contributed by atoms with Crippen molar-refractivity contribution in [2.75, 3.05) is 13.2 Å². The molecular weight excluding hydrogens is 731 g/mol. The summed E-state index contributed by atoms with van der Waals surface area (Å²) < 4.78 is 47.4. The summed E-state index contributed by atoms with van der Waals surface area (Å²) >= 11 is 0. The third-order valence-electron chi connectivity index (χ3n) is 10.4. The van der Waals surface area contributed by atoms with Gasteiger partial charge in [-0.3, -0.25) is 9.35 Å². The molecule has 0 bridgehead atoms. The van der Waals surface area contributed by atoms with E-state index in [2.05, 4.69) is 35.5 Å². The molecule has 0 spiro atoms. The van der Waals surface area contributed by atoms with Gasteiger partial charge >= 0.3 is 10.4 Å². The van der Waals surface area contributed by atoms with Crippen LogP contribution in [0.4, 0.5) is 0 Å². The third-order valence-corrected chi connectivity index (χ3v) is 10.9. The summed E-state index contributed by atoms with van der Waals surface area (Å²) in [6.45, 7) is 3.23. The van der Waals surface area contributed by atoms with Gasteiger partial charge in [0.05, 0.1) is 25.4 Å². The fraction of sp³-hybridized carbons (Fsp3) is 0.927. The topological polar surface area (TPSA) is 212 Å². The zero-order valence-electron chi connectivity index (χ0n) is 34.1. The molecule has 7 N–H and O–H groups in total. The van der Waals surface area contributed by atoms with Crippen LogP contribution in [0.5, 0.6) is 0 Å². The first-order valence-electron chi connectivity index (χ1n) is 21.7. The van der Waals surface area contributed by atoms with Crippen LogP contribution in [0.25, 0.3) is 0 Å². The smallest absolute Gasteiger partial charge is 0.394 e. The van der Waals surface area contributed by atoms with Gasteiger partial charge in [-0.25, -0.2) is 4.18 Å². The van der Waals surface area contributed by atoms with Crippen molar-refractivity contribution in [3.8, 4) is 0 Å². The number of unbranched alkanes of at least 4 members (excludes halogenated alkanes) is 21. The molecular formula is C41H79NO12S. The molecule has 14 heteroatoms. The molecule has 1 heterocycles. The summed E-state index contributed by atoms with van der Waals surface area (Å²) in [5.41, 5.74) is 0. The van der Waals surface area contributed by atoms with Gasteiger partial charge in [0.15, 0.2) is 6.29 Å². The van der Waals surface area contributed by atoms with E-state index >= 15 is 0 Å². The second-order valence-corrected chi connectivity index (χ2v) is 16.5. The van der Waals surface area contributed by atoms with Gasteiger partial charge in [-0.05, 0) is 38.5 Å². The number of allylic oxidation sites excluding steroid dienone is 2. The van der Waals surface area contributed by atoms with Gasteiger partial charge in [0.2, 0.25) is 5.91 Å². The van der Waals surface area contributed by atoms with E-state index in [1.165, 1.54) is 77.0 Å². The number of hydrogen-bond acceptors (Lipinski definition) is 11. The lowest BCUT2D eigenvalue weighted by Crippen LogP contribution is -2.61. The Bertz CT molecular complexity index is 1060. The average molecular weight is 810 g/mol. The highest BCUT2D eigenvalue weighted by Crippen LogP contribution is 2.26. The quantitative estimate of drug-likeness (QED) is 0.0203. The number of carbonyl (C=O) groups excluding carboxylic acids is 1. The summed E-state index contributed by atoms with van der Waals surface area (Å²) in [5, 5.41) is 55.1. The van der Waals surface area contributed by atoms with E-state index in [-0.39, 0.29) is 6.42 Å². The van der Waals surface area contributed by atoms with Gasteiger partial charge in [0.1, 0.15) is 30.5 Å². The molecule has 1 fully saturated rings. The molecule has 1 aliphatic heterocycles. The SMILES string of the molecule is CCCCCCCC/C=C\CCCCCCCCC(O)C(=O)NC(COC1OC(CO)C(O)C(OS(=O)(=O)O)C1O)C(O)CCCCCCCCCCCC. The van der Waals surface area contributed by atoms with Crippen molar-refractivity contribution in [3.63, 3.8) is 0 Å². The highest BCUT2D eigenvalue weighted by Gasteiger charge is 2.48. The Hall–Kier alpha value is -1.20. The molecule has 0 aromatic carbocycles. The fourth-order valence-electron chi connectivity index (χ4n) is 6.93. The maximum absolute atomic E-state index is 13.1. The Labute approximate surface area is 333 Å². The van der Waals surface area contributed by atoms with E-state index in [4.69, 9.17) is 14.0 Å². The molecule has 0 aromatic heterocycles. The zero-order chi connectivity index (χ0) is 40.7. The number of amides is 1. The summed E-state index contributed by atoms with van der Waals surface area (Å²) in [7, 11) is -5.10. The van der Waals surface area contributed by atoms with Gasteiger partial charge in [0.25, 0.3) is 0 Å². The van der Waals surface area contributed by atoms with Crippen LogP contribution in [-0.2, 0) is 28.9 Å². The first kappa shape index (κ1) is 51.8. The summed E-state index contributed by atoms with van der Waals surface area (Å²) in [4.78, 5) is 13.1. The minimum Gasteiger partial charge on any atom is -0.394 e. The molecule has 1 saturated heterocycles. The minimum absolute atomic E-state index is 0.254. The van der Waals surface area contributed by atoms with Crippen LogP contribution in [0.2, 0.25) is 0 Å². The highest BCUT2D eigenvalue weighted by atomic mass is 32.3. The number of aliphatic hydroxyl groups is 5. The lowest BCUT2D eigenvalue weighted by atomic mass is 9.99. The maximum Gasteiger partial charge on any atom is 0.397 e. The van der Waals surface area contributed by atoms with Crippen LogP contribution in [0.3, 0.4) is 0 Å². The number of ether oxygens (including phenoxy) is 2. The molecule has 1 amide bonds. The van der Waals surface area contributed by atoms with E-state index in [1.54, 1.807) is 0 Å². The number of aliphatic hydroxyl groups excluding tert-OH is 5. The first-order valence-corrected chi connectivity index (χ1v) is 23.0. The Balaban J connectivity index is 2.58. The second kappa shape index (κ2) is 32.7. The Kier molecular flexibility index (Phi) is 30.8.